The molecule has 1 unspecified atom stereocenters. The summed E-state index contributed by atoms with van der Waals surface area (Å²) >= 11 is 0. The number of ether oxygens (including phenoxy) is 1. The number of hydrogen-bond acceptors (Lipinski definition) is 8. The van der Waals surface area contributed by atoms with E-state index in [9.17, 15) is 10.1 Å². The smallest absolute Gasteiger partial charge is 0.271 e. The van der Waals surface area contributed by atoms with Gasteiger partial charge in [-0.2, -0.15) is 5.10 Å². The van der Waals surface area contributed by atoms with E-state index in [-0.39, 0.29) is 11.7 Å². The molecule has 2 heterocycles. The molecule has 0 saturated heterocycles. The Morgan fingerprint density at radius 2 is 2.24 bits per heavy atom. The zero-order chi connectivity index (χ0) is 20.4. The normalized spacial score (nSPS) is 14.4. The van der Waals surface area contributed by atoms with Crippen molar-refractivity contribution in [1.82, 2.24) is 19.7 Å². The van der Waals surface area contributed by atoms with Gasteiger partial charge < -0.3 is 15.8 Å². The van der Waals surface area contributed by atoms with E-state index in [0.717, 1.165) is 5.56 Å². The van der Waals surface area contributed by atoms with Crippen molar-refractivity contribution in [3.8, 4) is 17.0 Å². The second-order valence-corrected chi connectivity index (χ2v) is 6.89. The fourth-order valence-corrected chi connectivity index (χ4v) is 3.25. The van der Waals surface area contributed by atoms with Crippen LogP contribution in [0.3, 0.4) is 0 Å². The minimum Gasteiger partial charge on any atom is -0.493 e. The number of aromatic nitrogens is 4. The number of non-ortho nitro benzene ring substituents is 1. The van der Waals surface area contributed by atoms with Gasteiger partial charge >= 0.3 is 0 Å². The topological polar surface area (TPSA) is 134 Å². The highest BCUT2D eigenvalue weighted by molar-refractivity contribution is 5.67. The van der Waals surface area contributed by atoms with Gasteiger partial charge in [0.1, 0.15) is 5.69 Å². The lowest BCUT2D eigenvalue weighted by molar-refractivity contribution is -0.384. The first kappa shape index (κ1) is 18.8. The van der Waals surface area contributed by atoms with Gasteiger partial charge in [-0.3, -0.25) is 14.8 Å². The van der Waals surface area contributed by atoms with Crippen LogP contribution in [0.25, 0.3) is 11.3 Å². The van der Waals surface area contributed by atoms with Gasteiger partial charge in [0, 0.05) is 36.1 Å². The molecule has 0 aliphatic heterocycles. The minimum absolute atomic E-state index is 0.0158. The number of nitrogens with zero attached hydrogens (tertiary/aromatic N) is 5. The van der Waals surface area contributed by atoms with Gasteiger partial charge in [-0.05, 0) is 24.8 Å². The third kappa shape index (κ3) is 4.02. The van der Waals surface area contributed by atoms with Crippen LogP contribution < -0.4 is 15.8 Å². The Hall–Kier alpha value is -3.53. The Bertz CT molecular complexity index is 1030. The molecule has 4 rings (SSSR count). The molecule has 0 amide bonds. The molecule has 0 spiro atoms. The average Bonchev–Trinajstić information content (AvgIpc) is 3.45. The highest BCUT2D eigenvalue weighted by Gasteiger charge is 2.32. The number of methoxy groups -OCH3 is 1. The van der Waals surface area contributed by atoms with Crippen LogP contribution in [0.5, 0.6) is 5.75 Å². The standard InChI is InChI=1S/C19H21N7O3/c1-29-17-10-21-19(23-14-3-2-4-15(7-14)26(27)28)24-18(17)13-9-22-25(11-13)16(8-20)12-5-6-12/h2-4,7,9-12,16H,5-6,8,20H2,1H3,(H,21,23,24). The van der Waals surface area contributed by atoms with Gasteiger partial charge in [-0.25, -0.2) is 9.97 Å². The second-order valence-electron chi connectivity index (χ2n) is 6.89. The summed E-state index contributed by atoms with van der Waals surface area (Å²) in [6, 6.07) is 6.33. The van der Waals surface area contributed by atoms with E-state index in [2.05, 4.69) is 20.4 Å². The van der Waals surface area contributed by atoms with Crippen LogP contribution in [-0.4, -0.2) is 38.3 Å². The Kier molecular flexibility index (Phi) is 5.09. The summed E-state index contributed by atoms with van der Waals surface area (Å²) in [5.74, 6) is 1.38. The van der Waals surface area contributed by atoms with E-state index in [1.54, 1.807) is 31.6 Å². The fourth-order valence-electron chi connectivity index (χ4n) is 3.25. The van der Waals surface area contributed by atoms with E-state index in [1.165, 1.54) is 25.0 Å². The molecule has 2 aromatic heterocycles. The summed E-state index contributed by atoms with van der Waals surface area (Å²) in [6.07, 6.45) is 7.54. The number of anilines is 2. The van der Waals surface area contributed by atoms with Gasteiger partial charge in [-0.1, -0.05) is 6.07 Å². The van der Waals surface area contributed by atoms with Crippen molar-refractivity contribution < 1.29 is 9.66 Å². The molecule has 29 heavy (non-hydrogen) atoms. The summed E-state index contributed by atoms with van der Waals surface area (Å²) < 4.78 is 7.30. The molecular formula is C19H21N7O3. The van der Waals surface area contributed by atoms with Crippen LogP contribution in [0.15, 0.2) is 42.9 Å². The first-order chi connectivity index (χ1) is 14.1. The molecule has 1 saturated carbocycles. The first-order valence-electron chi connectivity index (χ1n) is 9.26. The quantitative estimate of drug-likeness (QED) is 0.439. The fraction of sp³-hybridized carbons (Fsp3) is 0.316. The molecule has 0 bridgehead atoms. The van der Waals surface area contributed by atoms with E-state index >= 15 is 0 Å². The minimum atomic E-state index is -0.451. The third-order valence-electron chi connectivity index (χ3n) is 4.91. The average molecular weight is 395 g/mol. The summed E-state index contributed by atoms with van der Waals surface area (Å²) in [7, 11) is 1.55. The highest BCUT2D eigenvalue weighted by atomic mass is 16.6. The molecule has 1 atom stereocenters. The van der Waals surface area contributed by atoms with Crippen LogP contribution in [0.4, 0.5) is 17.3 Å². The summed E-state index contributed by atoms with van der Waals surface area (Å²) in [5.41, 5.74) is 7.78. The zero-order valence-electron chi connectivity index (χ0n) is 15.9. The number of hydrogen-bond donors (Lipinski definition) is 2. The van der Waals surface area contributed by atoms with Crippen molar-refractivity contribution in [2.24, 2.45) is 11.7 Å². The maximum absolute atomic E-state index is 11.0. The molecular weight excluding hydrogens is 374 g/mol. The van der Waals surface area contributed by atoms with Crippen molar-refractivity contribution in [3.63, 3.8) is 0 Å². The molecule has 3 aromatic rings. The predicted octanol–water partition coefficient (Wildman–Crippen LogP) is 2.91. The maximum Gasteiger partial charge on any atom is 0.271 e. The van der Waals surface area contributed by atoms with Crippen molar-refractivity contribution >= 4 is 17.3 Å². The van der Waals surface area contributed by atoms with E-state index < -0.39 is 4.92 Å². The molecule has 0 radical (unpaired) electrons. The van der Waals surface area contributed by atoms with Crippen molar-refractivity contribution in [2.45, 2.75) is 18.9 Å². The summed E-state index contributed by atoms with van der Waals surface area (Å²) in [5, 5.41) is 18.4. The molecule has 1 aliphatic rings. The Labute approximate surface area is 166 Å². The van der Waals surface area contributed by atoms with Crippen molar-refractivity contribution in [3.05, 3.63) is 53.0 Å². The number of nitrogens with two attached hydrogens (primary N) is 1. The largest absolute Gasteiger partial charge is 0.493 e. The molecule has 1 aliphatic carbocycles. The third-order valence-corrected chi connectivity index (χ3v) is 4.91. The maximum atomic E-state index is 11.0. The highest BCUT2D eigenvalue weighted by Crippen LogP contribution is 2.39. The van der Waals surface area contributed by atoms with E-state index in [0.29, 0.717) is 35.5 Å². The Balaban J connectivity index is 1.63. The number of benzene rings is 1. The number of nitrogens with one attached hydrogen (secondary N) is 1. The molecule has 10 nitrogen and oxygen atoms in total. The lowest BCUT2D eigenvalue weighted by Gasteiger charge is -2.14. The molecule has 1 fully saturated rings. The van der Waals surface area contributed by atoms with Crippen LogP contribution in [0, 0.1) is 16.0 Å². The number of nitro groups is 1. The molecule has 10 heteroatoms. The van der Waals surface area contributed by atoms with Gasteiger partial charge in [0.2, 0.25) is 5.95 Å². The van der Waals surface area contributed by atoms with Crippen LogP contribution in [0.2, 0.25) is 0 Å². The van der Waals surface area contributed by atoms with Crippen molar-refractivity contribution in [1.29, 1.82) is 0 Å². The van der Waals surface area contributed by atoms with Gasteiger partial charge in [-0.15, -0.1) is 0 Å². The van der Waals surface area contributed by atoms with Crippen LogP contribution in [-0.2, 0) is 0 Å². The van der Waals surface area contributed by atoms with Gasteiger partial charge in [0.25, 0.3) is 5.69 Å². The predicted molar refractivity (Wildman–Crippen MR) is 107 cm³/mol. The van der Waals surface area contributed by atoms with Crippen LogP contribution in [0.1, 0.15) is 18.9 Å². The zero-order valence-corrected chi connectivity index (χ0v) is 15.9. The monoisotopic (exact) mass is 395 g/mol. The van der Waals surface area contributed by atoms with E-state index in [1.807, 2.05) is 10.9 Å². The SMILES string of the molecule is COc1cnc(Nc2cccc([N+](=O)[O-])c2)nc1-c1cnn(C(CN)C2CC2)c1. The number of rotatable bonds is 8. The summed E-state index contributed by atoms with van der Waals surface area (Å²) in [4.78, 5) is 19.3. The van der Waals surface area contributed by atoms with Crippen molar-refractivity contribution in [2.75, 3.05) is 19.0 Å². The summed E-state index contributed by atoms with van der Waals surface area (Å²) in [6.45, 7) is 0.534. The molecule has 1 aromatic carbocycles. The van der Waals surface area contributed by atoms with Crippen LogP contribution >= 0.6 is 0 Å². The second kappa shape index (κ2) is 7.84. The first-order valence-corrected chi connectivity index (χ1v) is 9.26. The van der Waals surface area contributed by atoms with Gasteiger partial charge in [0.15, 0.2) is 5.75 Å². The number of nitro benzene ring substituents is 1. The Morgan fingerprint density at radius 3 is 2.93 bits per heavy atom. The lowest BCUT2D eigenvalue weighted by atomic mass is 10.2. The molecule has 3 N–H and O–H groups in total. The van der Waals surface area contributed by atoms with Gasteiger partial charge in [0.05, 0.1) is 30.5 Å². The lowest BCUT2D eigenvalue weighted by Crippen LogP contribution is -2.21. The van der Waals surface area contributed by atoms with E-state index in [4.69, 9.17) is 10.5 Å². The molecule has 150 valence electrons. The Morgan fingerprint density at radius 1 is 1.41 bits per heavy atom.